The molecular weight excluding hydrogens is 390 g/mol. The number of halogens is 1. The van der Waals surface area contributed by atoms with E-state index in [1.807, 2.05) is 31.2 Å². The van der Waals surface area contributed by atoms with Gasteiger partial charge in [0.1, 0.15) is 11.5 Å². The van der Waals surface area contributed by atoms with Gasteiger partial charge in [-0.1, -0.05) is 41.4 Å². The van der Waals surface area contributed by atoms with Crippen LogP contribution in [0, 0.1) is 6.92 Å². The number of rotatable bonds is 4. The Kier molecular flexibility index (Phi) is 4.99. The second kappa shape index (κ2) is 7.60. The van der Waals surface area contributed by atoms with Gasteiger partial charge in [-0.2, -0.15) is 0 Å². The molecule has 4 rings (SSSR count). The summed E-state index contributed by atoms with van der Waals surface area (Å²) in [5.74, 6) is -1.08. The molecule has 0 spiro atoms. The predicted molar refractivity (Wildman–Crippen MR) is 109 cm³/mol. The summed E-state index contributed by atoms with van der Waals surface area (Å²) >= 11 is 5.93. The van der Waals surface area contributed by atoms with Crippen LogP contribution >= 0.6 is 11.6 Å². The Balaban J connectivity index is 1.86. The van der Waals surface area contributed by atoms with Gasteiger partial charge in [-0.15, -0.1) is 0 Å². The van der Waals surface area contributed by atoms with E-state index >= 15 is 0 Å². The smallest absolute Gasteiger partial charge is 0.296 e. The summed E-state index contributed by atoms with van der Waals surface area (Å²) in [5.41, 5.74) is 2.25. The molecule has 1 aliphatic rings. The Labute approximate surface area is 172 Å². The van der Waals surface area contributed by atoms with Crippen molar-refractivity contribution < 1.29 is 19.1 Å². The van der Waals surface area contributed by atoms with Crippen molar-refractivity contribution >= 4 is 29.1 Å². The van der Waals surface area contributed by atoms with E-state index < -0.39 is 17.7 Å². The highest BCUT2D eigenvalue weighted by Crippen LogP contribution is 2.40. The summed E-state index contributed by atoms with van der Waals surface area (Å²) in [6.07, 6.45) is 1.51. The highest BCUT2D eigenvalue weighted by molar-refractivity contribution is 6.46. The first-order valence-electron chi connectivity index (χ1n) is 9.09. The van der Waals surface area contributed by atoms with Crippen LogP contribution in [0.3, 0.4) is 0 Å². The molecule has 6 heteroatoms. The Hall–Kier alpha value is -3.31. The van der Waals surface area contributed by atoms with Gasteiger partial charge >= 0.3 is 0 Å². The van der Waals surface area contributed by atoms with Gasteiger partial charge in [-0.3, -0.25) is 9.59 Å². The SMILES string of the molecule is Cc1ccc(C2C(=C(O)c3ccc(Cl)cc3)C(=O)C(=O)N2Cc2ccco2)cc1. The fourth-order valence-electron chi connectivity index (χ4n) is 3.47. The number of hydrogen-bond acceptors (Lipinski definition) is 4. The number of benzene rings is 2. The molecule has 0 radical (unpaired) electrons. The number of Topliss-reactive ketones (excluding diaryl/α,β-unsaturated/α-hetero) is 1. The molecule has 146 valence electrons. The van der Waals surface area contributed by atoms with E-state index in [0.717, 1.165) is 11.1 Å². The first-order chi connectivity index (χ1) is 14.0. The molecule has 1 saturated heterocycles. The van der Waals surface area contributed by atoms with Crippen LogP contribution < -0.4 is 0 Å². The largest absolute Gasteiger partial charge is 0.507 e. The molecule has 1 amide bonds. The molecule has 1 fully saturated rings. The van der Waals surface area contributed by atoms with Crippen molar-refractivity contribution in [3.05, 3.63) is 100.0 Å². The summed E-state index contributed by atoms with van der Waals surface area (Å²) in [6, 6.07) is 16.7. The lowest BCUT2D eigenvalue weighted by Gasteiger charge is -2.24. The fourth-order valence-corrected chi connectivity index (χ4v) is 3.60. The maximum absolute atomic E-state index is 12.9. The first-order valence-corrected chi connectivity index (χ1v) is 9.47. The molecule has 1 aliphatic heterocycles. The minimum Gasteiger partial charge on any atom is -0.507 e. The number of amides is 1. The average molecular weight is 408 g/mol. The zero-order valence-electron chi connectivity index (χ0n) is 15.6. The molecular formula is C23H18ClNO4. The van der Waals surface area contributed by atoms with Gasteiger partial charge in [0.15, 0.2) is 0 Å². The van der Waals surface area contributed by atoms with Crippen LogP contribution in [0.1, 0.15) is 28.5 Å². The lowest BCUT2D eigenvalue weighted by atomic mass is 9.94. The minimum atomic E-state index is -0.727. The number of carbonyl (C=O) groups is 2. The van der Waals surface area contributed by atoms with Crippen LogP contribution in [0.4, 0.5) is 0 Å². The van der Waals surface area contributed by atoms with E-state index in [-0.39, 0.29) is 17.9 Å². The predicted octanol–water partition coefficient (Wildman–Crippen LogP) is 4.86. The Morgan fingerprint density at radius 3 is 2.38 bits per heavy atom. The van der Waals surface area contributed by atoms with Gasteiger partial charge in [0.2, 0.25) is 0 Å². The molecule has 29 heavy (non-hydrogen) atoms. The molecule has 1 aromatic heterocycles. The van der Waals surface area contributed by atoms with Gasteiger partial charge < -0.3 is 14.4 Å². The van der Waals surface area contributed by atoms with E-state index in [1.54, 1.807) is 36.4 Å². The quantitative estimate of drug-likeness (QED) is 0.381. The van der Waals surface area contributed by atoms with Crippen molar-refractivity contribution in [2.45, 2.75) is 19.5 Å². The third-order valence-electron chi connectivity index (χ3n) is 4.96. The lowest BCUT2D eigenvalue weighted by Crippen LogP contribution is -2.29. The van der Waals surface area contributed by atoms with Gasteiger partial charge in [0.25, 0.3) is 11.7 Å². The molecule has 5 nitrogen and oxygen atoms in total. The Morgan fingerprint density at radius 1 is 1.07 bits per heavy atom. The standard InChI is InChI=1S/C23H18ClNO4/c1-14-4-6-15(7-5-14)20-19(21(26)16-8-10-17(24)11-9-16)22(27)23(28)25(20)13-18-3-2-12-29-18/h2-12,20,26H,13H2,1H3. The Morgan fingerprint density at radius 2 is 1.76 bits per heavy atom. The van der Waals surface area contributed by atoms with Crippen LogP contribution in [0.2, 0.25) is 5.02 Å². The molecule has 1 N–H and O–H groups in total. The maximum Gasteiger partial charge on any atom is 0.296 e. The summed E-state index contributed by atoms with van der Waals surface area (Å²) in [5, 5.41) is 11.5. The third kappa shape index (κ3) is 3.57. The van der Waals surface area contributed by atoms with Crippen molar-refractivity contribution in [1.82, 2.24) is 4.90 Å². The highest BCUT2D eigenvalue weighted by Gasteiger charge is 2.46. The number of aliphatic hydroxyl groups excluding tert-OH is 1. The van der Waals surface area contributed by atoms with Crippen LogP contribution in [0.25, 0.3) is 5.76 Å². The molecule has 0 aliphatic carbocycles. The summed E-state index contributed by atoms with van der Waals surface area (Å²) in [6.45, 7) is 2.07. The number of furan rings is 1. The van der Waals surface area contributed by atoms with E-state index in [0.29, 0.717) is 16.3 Å². The molecule has 2 aromatic carbocycles. The van der Waals surface area contributed by atoms with Crippen LogP contribution in [0.15, 0.2) is 76.9 Å². The molecule has 1 atom stereocenters. The lowest BCUT2D eigenvalue weighted by molar-refractivity contribution is -0.140. The highest BCUT2D eigenvalue weighted by atomic mass is 35.5. The molecule has 2 heterocycles. The summed E-state index contributed by atoms with van der Waals surface area (Å²) < 4.78 is 5.38. The zero-order valence-corrected chi connectivity index (χ0v) is 16.4. The Bertz CT molecular complexity index is 1080. The minimum absolute atomic E-state index is 0.0488. The number of likely N-dealkylation sites (tertiary alicyclic amines) is 1. The number of carbonyl (C=O) groups excluding carboxylic acids is 2. The number of aliphatic hydroxyl groups is 1. The van der Waals surface area contributed by atoms with Gasteiger partial charge in [0, 0.05) is 10.6 Å². The van der Waals surface area contributed by atoms with Crippen LogP contribution in [-0.2, 0) is 16.1 Å². The van der Waals surface area contributed by atoms with Crippen LogP contribution in [-0.4, -0.2) is 21.7 Å². The van der Waals surface area contributed by atoms with E-state index in [1.165, 1.54) is 11.2 Å². The molecule has 3 aromatic rings. The number of nitrogens with zero attached hydrogens (tertiary/aromatic N) is 1. The molecule has 0 bridgehead atoms. The molecule has 1 unspecified atom stereocenters. The third-order valence-corrected chi connectivity index (χ3v) is 5.21. The first kappa shape index (κ1) is 19.0. The average Bonchev–Trinajstić information content (AvgIpc) is 3.31. The van der Waals surface area contributed by atoms with Crippen molar-refractivity contribution in [3.63, 3.8) is 0 Å². The van der Waals surface area contributed by atoms with E-state index in [4.69, 9.17) is 16.0 Å². The monoisotopic (exact) mass is 407 g/mol. The summed E-state index contributed by atoms with van der Waals surface area (Å²) in [7, 11) is 0. The van der Waals surface area contributed by atoms with E-state index in [2.05, 4.69) is 0 Å². The van der Waals surface area contributed by atoms with Gasteiger partial charge in [-0.05, 0) is 48.9 Å². The van der Waals surface area contributed by atoms with Crippen molar-refractivity contribution in [3.8, 4) is 0 Å². The fraction of sp³-hybridized carbons (Fsp3) is 0.130. The molecule has 0 saturated carbocycles. The van der Waals surface area contributed by atoms with Crippen molar-refractivity contribution in [1.29, 1.82) is 0 Å². The topological polar surface area (TPSA) is 70.8 Å². The number of ketones is 1. The van der Waals surface area contributed by atoms with Crippen molar-refractivity contribution in [2.75, 3.05) is 0 Å². The normalized spacial score (nSPS) is 18.4. The van der Waals surface area contributed by atoms with Gasteiger partial charge in [0.05, 0.1) is 24.4 Å². The van der Waals surface area contributed by atoms with Crippen molar-refractivity contribution in [2.24, 2.45) is 0 Å². The van der Waals surface area contributed by atoms with E-state index in [9.17, 15) is 14.7 Å². The second-order valence-electron chi connectivity index (χ2n) is 6.92. The van der Waals surface area contributed by atoms with Gasteiger partial charge in [-0.25, -0.2) is 0 Å². The van der Waals surface area contributed by atoms with Crippen LogP contribution in [0.5, 0.6) is 0 Å². The maximum atomic E-state index is 12.9. The second-order valence-corrected chi connectivity index (χ2v) is 7.36. The zero-order chi connectivity index (χ0) is 20.5. The summed E-state index contributed by atoms with van der Waals surface area (Å²) in [4.78, 5) is 27.2. The number of hydrogen-bond donors (Lipinski definition) is 1. The number of aryl methyl sites for hydroxylation is 1.